The van der Waals surface area contributed by atoms with Crippen molar-refractivity contribution in [3.8, 4) is 5.75 Å². The zero-order valence-corrected chi connectivity index (χ0v) is 10.9. The second kappa shape index (κ2) is 5.55. The van der Waals surface area contributed by atoms with Crippen molar-refractivity contribution in [2.45, 2.75) is 13.3 Å². The summed E-state index contributed by atoms with van der Waals surface area (Å²) in [5.74, 6) is -1.44. The zero-order valence-electron chi connectivity index (χ0n) is 10.9. The number of ether oxygens (including phenoxy) is 1. The topological polar surface area (TPSA) is 26.3 Å². The van der Waals surface area contributed by atoms with Crippen LogP contribution in [0.3, 0.4) is 0 Å². The Morgan fingerprint density at radius 1 is 1.00 bits per heavy atom. The highest BCUT2D eigenvalue weighted by molar-refractivity contribution is 6.09. The van der Waals surface area contributed by atoms with E-state index in [1.807, 2.05) is 0 Å². The van der Waals surface area contributed by atoms with Crippen LogP contribution >= 0.6 is 0 Å². The molecule has 0 aliphatic heterocycles. The Balaban J connectivity index is 2.24. The molecule has 6 heteroatoms. The lowest BCUT2D eigenvalue weighted by molar-refractivity contribution is -0.274. The quantitative estimate of drug-likeness (QED) is 0.625. The molecule has 0 N–H and O–H groups in total. The summed E-state index contributed by atoms with van der Waals surface area (Å²) in [6.07, 6.45) is -4.79. The van der Waals surface area contributed by atoms with Gasteiger partial charge < -0.3 is 4.74 Å². The number of ketones is 1. The Bertz CT molecular complexity index is 640. The first kappa shape index (κ1) is 15.0. The second-order valence-corrected chi connectivity index (χ2v) is 4.42. The van der Waals surface area contributed by atoms with Crippen molar-refractivity contribution < 1.29 is 27.1 Å². The van der Waals surface area contributed by atoms with Crippen molar-refractivity contribution >= 4 is 5.78 Å². The summed E-state index contributed by atoms with van der Waals surface area (Å²) >= 11 is 0. The van der Waals surface area contributed by atoms with Gasteiger partial charge in [-0.1, -0.05) is 0 Å². The minimum atomic E-state index is -4.79. The maximum Gasteiger partial charge on any atom is 0.573 e. The van der Waals surface area contributed by atoms with E-state index in [0.717, 1.165) is 18.2 Å². The van der Waals surface area contributed by atoms with Gasteiger partial charge in [-0.05, 0) is 55.0 Å². The molecule has 0 unspecified atom stereocenters. The average molecular weight is 298 g/mol. The van der Waals surface area contributed by atoms with Gasteiger partial charge in [0.1, 0.15) is 11.6 Å². The second-order valence-electron chi connectivity index (χ2n) is 4.42. The summed E-state index contributed by atoms with van der Waals surface area (Å²) in [6.45, 7) is 1.64. The monoisotopic (exact) mass is 298 g/mol. The molecule has 0 aromatic heterocycles. The smallest absolute Gasteiger partial charge is 0.406 e. The number of alkyl halides is 3. The lowest BCUT2D eigenvalue weighted by atomic mass is 10.0. The largest absolute Gasteiger partial charge is 0.573 e. The lowest BCUT2D eigenvalue weighted by Crippen LogP contribution is -2.17. The normalized spacial score (nSPS) is 11.3. The lowest BCUT2D eigenvalue weighted by Gasteiger charge is -2.09. The molecule has 2 nitrogen and oxygen atoms in total. The van der Waals surface area contributed by atoms with Gasteiger partial charge in [0.2, 0.25) is 0 Å². The van der Waals surface area contributed by atoms with Crippen LogP contribution in [0.2, 0.25) is 0 Å². The molecule has 110 valence electrons. The molecule has 0 saturated carbocycles. The van der Waals surface area contributed by atoms with Gasteiger partial charge in [-0.25, -0.2) is 4.39 Å². The molecule has 0 fully saturated rings. The van der Waals surface area contributed by atoms with Gasteiger partial charge >= 0.3 is 6.36 Å². The Morgan fingerprint density at radius 3 is 2.14 bits per heavy atom. The number of carbonyl (C=O) groups is 1. The van der Waals surface area contributed by atoms with Gasteiger partial charge in [0, 0.05) is 11.1 Å². The molecule has 0 spiro atoms. The molecule has 0 saturated heterocycles. The number of hydrogen-bond acceptors (Lipinski definition) is 2. The first-order chi connectivity index (χ1) is 9.74. The highest BCUT2D eigenvalue weighted by atomic mass is 19.4. The molecule has 0 radical (unpaired) electrons. The van der Waals surface area contributed by atoms with E-state index in [1.54, 1.807) is 6.92 Å². The minimum absolute atomic E-state index is 0.136. The van der Waals surface area contributed by atoms with Gasteiger partial charge in [0.05, 0.1) is 0 Å². The van der Waals surface area contributed by atoms with Crippen LogP contribution in [-0.4, -0.2) is 12.1 Å². The van der Waals surface area contributed by atoms with Crippen LogP contribution in [-0.2, 0) is 0 Å². The van der Waals surface area contributed by atoms with E-state index in [1.165, 1.54) is 24.3 Å². The molecular weight excluding hydrogens is 288 g/mol. The number of hydrogen-bond donors (Lipinski definition) is 0. The number of aryl methyl sites for hydroxylation is 1. The fourth-order valence-corrected chi connectivity index (χ4v) is 1.84. The van der Waals surface area contributed by atoms with Crippen molar-refractivity contribution in [1.82, 2.24) is 0 Å². The van der Waals surface area contributed by atoms with Gasteiger partial charge in [-0.3, -0.25) is 4.79 Å². The van der Waals surface area contributed by atoms with Crippen molar-refractivity contribution in [3.63, 3.8) is 0 Å². The summed E-state index contributed by atoms with van der Waals surface area (Å²) in [5.41, 5.74) is 0.863. The van der Waals surface area contributed by atoms with Gasteiger partial charge in [-0.2, -0.15) is 0 Å². The van der Waals surface area contributed by atoms with E-state index in [0.29, 0.717) is 5.56 Å². The van der Waals surface area contributed by atoms with Crippen LogP contribution in [0, 0.1) is 12.7 Å². The Kier molecular flexibility index (Phi) is 3.97. The highest BCUT2D eigenvalue weighted by Crippen LogP contribution is 2.23. The zero-order chi connectivity index (χ0) is 15.6. The molecule has 2 aromatic rings. The number of rotatable bonds is 3. The third-order valence-corrected chi connectivity index (χ3v) is 2.65. The Morgan fingerprint density at radius 2 is 1.62 bits per heavy atom. The number of benzene rings is 2. The third kappa shape index (κ3) is 4.05. The third-order valence-electron chi connectivity index (χ3n) is 2.65. The summed E-state index contributed by atoms with van der Waals surface area (Å²) in [6, 6.07) is 8.32. The minimum Gasteiger partial charge on any atom is -0.406 e. The Hall–Kier alpha value is -2.37. The number of carbonyl (C=O) groups excluding carboxylic acids is 1. The molecule has 0 amide bonds. The molecule has 0 aliphatic carbocycles. The molecule has 21 heavy (non-hydrogen) atoms. The van der Waals surface area contributed by atoms with Crippen molar-refractivity contribution in [1.29, 1.82) is 0 Å². The van der Waals surface area contributed by atoms with Gasteiger partial charge in [-0.15, -0.1) is 13.2 Å². The van der Waals surface area contributed by atoms with Crippen LogP contribution in [0.4, 0.5) is 17.6 Å². The van der Waals surface area contributed by atoms with Crippen LogP contribution in [0.5, 0.6) is 5.75 Å². The fourth-order valence-electron chi connectivity index (χ4n) is 1.84. The molecule has 2 aromatic carbocycles. The molecule has 0 heterocycles. The van der Waals surface area contributed by atoms with E-state index < -0.39 is 23.7 Å². The van der Waals surface area contributed by atoms with Crippen molar-refractivity contribution in [3.05, 3.63) is 65.0 Å². The SMILES string of the molecule is Cc1cc(F)cc(C(=O)c2ccc(OC(F)(F)F)cc2)c1. The Labute approximate surface area is 118 Å². The standard InChI is InChI=1S/C15H10F4O2/c1-9-6-11(8-12(16)7-9)14(20)10-2-4-13(5-3-10)21-15(17,18)19/h2-8H,1H3. The summed E-state index contributed by atoms with van der Waals surface area (Å²) in [7, 11) is 0. The van der Waals surface area contributed by atoms with E-state index in [-0.39, 0.29) is 11.1 Å². The fraction of sp³-hybridized carbons (Fsp3) is 0.133. The summed E-state index contributed by atoms with van der Waals surface area (Å²) < 4.78 is 53.0. The maximum absolute atomic E-state index is 13.3. The average Bonchev–Trinajstić information content (AvgIpc) is 2.35. The first-order valence-electron chi connectivity index (χ1n) is 5.92. The van der Waals surface area contributed by atoms with Crippen LogP contribution in [0.1, 0.15) is 21.5 Å². The van der Waals surface area contributed by atoms with E-state index in [9.17, 15) is 22.4 Å². The van der Waals surface area contributed by atoms with Crippen molar-refractivity contribution in [2.75, 3.05) is 0 Å². The molecule has 0 atom stereocenters. The first-order valence-corrected chi connectivity index (χ1v) is 5.92. The predicted octanol–water partition coefficient (Wildman–Crippen LogP) is 4.26. The van der Waals surface area contributed by atoms with E-state index in [4.69, 9.17) is 0 Å². The van der Waals surface area contributed by atoms with Gasteiger partial charge in [0.15, 0.2) is 5.78 Å². The van der Waals surface area contributed by atoms with Crippen LogP contribution in [0.25, 0.3) is 0 Å². The molecular formula is C15H10F4O2. The molecule has 0 aliphatic rings. The molecule has 2 rings (SSSR count). The van der Waals surface area contributed by atoms with Crippen LogP contribution < -0.4 is 4.74 Å². The van der Waals surface area contributed by atoms with Crippen LogP contribution in [0.15, 0.2) is 42.5 Å². The summed E-state index contributed by atoms with van der Waals surface area (Å²) in [5, 5.41) is 0. The van der Waals surface area contributed by atoms with Crippen molar-refractivity contribution in [2.24, 2.45) is 0 Å². The maximum atomic E-state index is 13.3. The van der Waals surface area contributed by atoms with E-state index >= 15 is 0 Å². The van der Waals surface area contributed by atoms with Gasteiger partial charge in [0.25, 0.3) is 0 Å². The highest BCUT2D eigenvalue weighted by Gasteiger charge is 2.31. The molecule has 0 bridgehead atoms. The van der Waals surface area contributed by atoms with E-state index in [2.05, 4.69) is 4.74 Å². The summed E-state index contributed by atoms with van der Waals surface area (Å²) in [4.78, 5) is 12.1. The number of halogens is 4. The predicted molar refractivity (Wildman–Crippen MR) is 67.7 cm³/mol.